The molecule has 0 aromatic heterocycles. The van der Waals surface area contributed by atoms with Gasteiger partial charge in [-0.05, 0) is 52.3 Å². The smallest absolute Gasteiger partial charge is 0.141 e. The lowest BCUT2D eigenvalue weighted by Crippen LogP contribution is -1.94. The molecule has 0 unspecified atom stereocenters. The van der Waals surface area contributed by atoms with Crippen LogP contribution in [0.15, 0.2) is 42.5 Å². The summed E-state index contributed by atoms with van der Waals surface area (Å²) < 4.78 is 6.97. The van der Waals surface area contributed by atoms with Crippen molar-refractivity contribution in [2.75, 3.05) is 0 Å². The van der Waals surface area contributed by atoms with Crippen LogP contribution in [0.2, 0.25) is 0 Å². The van der Waals surface area contributed by atoms with Gasteiger partial charge in [-0.25, -0.2) is 0 Å². The van der Waals surface area contributed by atoms with Gasteiger partial charge in [0, 0.05) is 0 Å². The molecule has 0 aliphatic carbocycles. The van der Waals surface area contributed by atoms with Crippen molar-refractivity contribution in [3.05, 3.63) is 57.7 Å². The van der Waals surface area contributed by atoms with Crippen LogP contribution in [0.1, 0.15) is 25.3 Å². The van der Waals surface area contributed by atoms with Gasteiger partial charge in [-0.15, -0.1) is 0 Å². The predicted molar refractivity (Wildman–Crippen MR) is 78.6 cm³/mol. The van der Waals surface area contributed by atoms with E-state index in [9.17, 15) is 0 Å². The maximum atomic E-state index is 5.96. The van der Waals surface area contributed by atoms with Crippen molar-refractivity contribution >= 4 is 22.6 Å². The minimum absolute atomic E-state index is 0.455. The second kappa shape index (κ2) is 5.54. The Labute approximate surface area is 116 Å². The minimum atomic E-state index is 0.455. The number of hydrogen-bond donors (Lipinski definition) is 0. The van der Waals surface area contributed by atoms with Crippen LogP contribution in [-0.4, -0.2) is 0 Å². The van der Waals surface area contributed by atoms with E-state index in [2.05, 4.69) is 48.6 Å². The van der Waals surface area contributed by atoms with E-state index in [0.29, 0.717) is 5.92 Å². The highest BCUT2D eigenvalue weighted by Crippen LogP contribution is 2.32. The van der Waals surface area contributed by atoms with Gasteiger partial charge in [0.25, 0.3) is 0 Å². The molecule has 0 bridgehead atoms. The molecule has 1 nitrogen and oxygen atoms in total. The summed E-state index contributed by atoms with van der Waals surface area (Å²) in [4.78, 5) is 0. The third kappa shape index (κ3) is 3.00. The van der Waals surface area contributed by atoms with Crippen LogP contribution in [0.5, 0.6) is 11.5 Å². The zero-order valence-electron chi connectivity index (χ0n) is 9.91. The van der Waals surface area contributed by atoms with Gasteiger partial charge < -0.3 is 4.74 Å². The van der Waals surface area contributed by atoms with Gasteiger partial charge in [0.1, 0.15) is 11.5 Å². The molecule has 17 heavy (non-hydrogen) atoms. The lowest BCUT2D eigenvalue weighted by Gasteiger charge is -2.14. The van der Waals surface area contributed by atoms with Crippen LogP contribution in [0.25, 0.3) is 0 Å². The number of benzene rings is 2. The molecule has 2 aromatic carbocycles. The Balaban J connectivity index is 2.34. The molecule has 0 N–H and O–H groups in total. The molecule has 2 aromatic rings. The average Bonchev–Trinajstić information content (AvgIpc) is 2.32. The van der Waals surface area contributed by atoms with Crippen LogP contribution in [0.3, 0.4) is 0 Å². The van der Waals surface area contributed by atoms with Gasteiger partial charge in [0.05, 0.1) is 3.57 Å². The Kier molecular flexibility index (Phi) is 4.05. The Bertz CT molecular complexity index is 506. The third-order valence-corrected chi connectivity index (χ3v) is 3.37. The van der Waals surface area contributed by atoms with Gasteiger partial charge in [-0.1, -0.05) is 44.2 Å². The van der Waals surface area contributed by atoms with Gasteiger partial charge >= 0.3 is 0 Å². The molecule has 0 saturated carbocycles. The largest absolute Gasteiger partial charge is 0.456 e. The number of rotatable bonds is 3. The minimum Gasteiger partial charge on any atom is -0.456 e. The van der Waals surface area contributed by atoms with Crippen LogP contribution in [-0.2, 0) is 0 Å². The van der Waals surface area contributed by atoms with E-state index >= 15 is 0 Å². The molecule has 0 saturated heterocycles. The molecule has 0 heterocycles. The van der Waals surface area contributed by atoms with Crippen molar-refractivity contribution in [3.8, 4) is 11.5 Å². The number of para-hydroxylation sites is 1. The van der Waals surface area contributed by atoms with E-state index in [0.717, 1.165) is 15.1 Å². The van der Waals surface area contributed by atoms with Gasteiger partial charge in [0.15, 0.2) is 0 Å². The fourth-order valence-corrected chi connectivity index (χ4v) is 2.12. The zero-order valence-corrected chi connectivity index (χ0v) is 12.1. The number of hydrogen-bond acceptors (Lipinski definition) is 1. The molecule has 0 amide bonds. The summed E-state index contributed by atoms with van der Waals surface area (Å²) in [5, 5.41) is 0. The topological polar surface area (TPSA) is 9.23 Å². The molecular formula is C15H14IO. The predicted octanol–water partition coefficient (Wildman–Crippen LogP) is 5.01. The highest BCUT2D eigenvalue weighted by atomic mass is 127. The van der Waals surface area contributed by atoms with Gasteiger partial charge in [-0.3, -0.25) is 0 Å². The molecule has 0 fully saturated rings. The third-order valence-electron chi connectivity index (χ3n) is 2.53. The van der Waals surface area contributed by atoms with E-state index in [-0.39, 0.29) is 0 Å². The molecule has 1 radical (unpaired) electrons. The van der Waals surface area contributed by atoms with E-state index < -0.39 is 0 Å². The Hall–Kier alpha value is -1.03. The van der Waals surface area contributed by atoms with Gasteiger partial charge in [-0.2, -0.15) is 0 Å². The monoisotopic (exact) mass is 337 g/mol. The van der Waals surface area contributed by atoms with Crippen molar-refractivity contribution < 1.29 is 4.74 Å². The van der Waals surface area contributed by atoms with Crippen molar-refractivity contribution in [2.45, 2.75) is 19.8 Å². The normalized spacial score (nSPS) is 10.6. The summed E-state index contributed by atoms with van der Waals surface area (Å²) in [7, 11) is 0. The van der Waals surface area contributed by atoms with Crippen molar-refractivity contribution in [2.24, 2.45) is 0 Å². The highest BCUT2D eigenvalue weighted by molar-refractivity contribution is 14.1. The second-order valence-electron chi connectivity index (χ2n) is 4.14. The standard InChI is InChI=1S/C15H14IO/c1-11(2)12-7-3-5-9-14(12)17-15-10-6-4-8-13(15)16/h3-7,9-11H,1-2H3. The fraction of sp³-hybridized carbons (Fsp3) is 0.200. The SMILES string of the molecule is CC(C)c1ccccc1Oc1ccc[c]c1I. The molecule has 2 heteroatoms. The molecule has 0 spiro atoms. The van der Waals surface area contributed by atoms with E-state index in [1.807, 2.05) is 36.4 Å². The summed E-state index contributed by atoms with van der Waals surface area (Å²) in [6.45, 7) is 4.34. The summed E-state index contributed by atoms with van der Waals surface area (Å²) in [5.41, 5.74) is 1.23. The van der Waals surface area contributed by atoms with Crippen LogP contribution >= 0.6 is 22.6 Å². The molecule has 0 atom stereocenters. The summed E-state index contributed by atoms with van der Waals surface area (Å²) in [5.74, 6) is 2.25. The fourth-order valence-electron chi connectivity index (χ4n) is 1.65. The summed E-state index contributed by atoms with van der Waals surface area (Å²) in [6.07, 6.45) is 0. The Morgan fingerprint density at radius 1 is 1.06 bits per heavy atom. The Morgan fingerprint density at radius 2 is 1.76 bits per heavy atom. The maximum absolute atomic E-state index is 5.96. The average molecular weight is 337 g/mol. The molecule has 0 aliphatic rings. The molecule has 0 aliphatic heterocycles. The van der Waals surface area contributed by atoms with Gasteiger partial charge in [0.2, 0.25) is 0 Å². The highest BCUT2D eigenvalue weighted by Gasteiger charge is 2.09. The lowest BCUT2D eigenvalue weighted by molar-refractivity contribution is 0.470. The lowest BCUT2D eigenvalue weighted by atomic mass is 10.0. The first-order valence-electron chi connectivity index (χ1n) is 5.61. The van der Waals surface area contributed by atoms with Crippen LogP contribution in [0.4, 0.5) is 0 Å². The van der Waals surface area contributed by atoms with E-state index in [1.54, 1.807) is 0 Å². The van der Waals surface area contributed by atoms with Crippen LogP contribution < -0.4 is 4.74 Å². The second-order valence-corrected chi connectivity index (χ2v) is 5.22. The first-order valence-corrected chi connectivity index (χ1v) is 6.69. The first-order chi connectivity index (χ1) is 8.18. The van der Waals surface area contributed by atoms with Crippen molar-refractivity contribution in [1.82, 2.24) is 0 Å². The van der Waals surface area contributed by atoms with E-state index in [1.165, 1.54) is 5.56 Å². The summed E-state index contributed by atoms with van der Waals surface area (Å²) in [6, 6.07) is 17.1. The summed E-state index contributed by atoms with van der Waals surface area (Å²) >= 11 is 2.24. The zero-order chi connectivity index (χ0) is 12.3. The molecule has 87 valence electrons. The molecule has 2 rings (SSSR count). The Morgan fingerprint density at radius 3 is 2.47 bits per heavy atom. The number of ether oxygens (including phenoxy) is 1. The maximum Gasteiger partial charge on any atom is 0.141 e. The van der Waals surface area contributed by atoms with E-state index in [4.69, 9.17) is 4.74 Å². The number of halogens is 1. The van der Waals surface area contributed by atoms with Crippen molar-refractivity contribution in [3.63, 3.8) is 0 Å². The molecular weight excluding hydrogens is 323 g/mol. The first kappa shape index (κ1) is 12.4. The van der Waals surface area contributed by atoms with Crippen molar-refractivity contribution in [1.29, 1.82) is 0 Å². The quantitative estimate of drug-likeness (QED) is 0.716. The van der Waals surface area contributed by atoms with Crippen LogP contribution in [0, 0.1) is 9.64 Å².